The van der Waals surface area contributed by atoms with E-state index in [1.54, 1.807) is 6.08 Å². The highest BCUT2D eigenvalue weighted by Crippen LogP contribution is 2.05. The van der Waals surface area contributed by atoms with Crippen molar-refractivity contribution in [2.45, 2.75) is 58.0 Å². The minimum atomic E-state index is -0.437. The summed E-state index contributed by atoms with van der Waals surface area (Å²) in [5, 5.41) is 9.69. The fourth-order valence-corrected chi connectivity index (χ4v) is 1.63. The third-order valence-electron chi connectivity index (χ3n) is 2.83. The molecule has 0 aromatic carbocycles. The summed E-state index contributed by atoms with van der Waals surface area (Å²) >= 11 is 0. The number of ether oxygens (including phenoxy) is 1. The predicted octanol–water partition coefficient (Wildman–Crippen LogP) is 3.94. The molecule has 114 valence electrons. The van der Waals surface area contributed by atoms with E-state index in [1.807, 2.05) is 12.2 Å². The lowest BCUT2D eigenvalue weighted by Gasteiger charge is -2.04. The molecule has 3 heteroatoms. The van der Waals surface area contributed by atoms with E-state index in [0.29, 0.717) is 12.8 Å². The molecule has 0 spiro atoms. The van der Waals surface area contributed by atoms with E-state index in [9.17, 15) is 9.90 Å². The first-order valence-electron chi connectivity index (χ1n) is 7.44. The molecule has 0 saturated heterocycles. The molecule has 0 aliphatic rings. The zero-order chi connectivity index (χ0) is 15.1. The van der Waals surface area contributed by atoms with Crippen molar-refractivity contribution < 1.29 is 14.6 Å². The molecule has 1 N–H and O–H groups in total. The molecular formula is C17H28O3. The van der Waals surface area contributed by atoms with Crippen LogP contribution in [0.3, 0.4) is 0 Å². The van der Waals surface area contributed by atoms with Crippen LogP contribution < -0.4 is 0 Å². The maximum absolute atomic E-state index is 10.9. The van der Waals surface area contributed by atoms with E-state index in [1.165, 1.54) is 13.5 Å². The Morgan fingerprint density at radius 3 is 2.70 bits per heavy atom. The molecule has 0 aliphatic carbocycles. The molecule has 20 heavy (non-hydrogen) atoms. The van der Waals surface area contributed by atoms with Gasteiger partial charge in [0.15, 0.2) is 0 Å². The monoisotopic (exact) mass is 280 g/mol. The molecular weight excluding hydrogens is 252 g/mol. The van der Waals surface area contributed by atoms with Crippen LogP contribution in [0.25, 0.3) is 0 Å². The smallest absolute Gasteiger partial charge is 0.305 e. The van der Waals surface area contributed by atoms with Crippen molar-refractivity contribution in [2.24, 2.45) is 0 Å². The van der Waals surface area contributed by atoms with Crippen molar-refractivity contribution in [3.63, 3.8) is 0 Å². The normalized spacial score (nSPS) is 13.6. The molecule has 1 atom stereocenters. The maximum atomic E-state index is 10.9. The van der Waals surface area contributed by atoms with Crippen molar-refractivity contribution in [3.05, 3.63) is 36.5 Å². The fourth-order valence-electron chi connectivity index (χ4n) is 1.63. The highest BCUT2D eigenvalue weighted by molar-refractivity contribution is 5.68. The average molecular weight is 280 g/mol. The van der Waals surface area contributed by atoms with E-state index in [2.05, 4.69) is 29.9 Å². The van der Waals surface area contributed by atoms with Gasteiger partial charge in [0.05, 0.1) is 13.2 Å². The number of aliphatic hydroxyl groups excluding tert-OH is 1. The lowest BCUT2D eigenvalue weighted by molar-refractivity contribution is -0.140. The molecule has 0 heterocycles. The van der Waals surface area contributed by atoms with Crippen LogP contribution in [0.4, 0.5) is 0 Å². The summed E-state index contributed by atoms with van der Waals surface area (Å²) in [7, 11) is 1.39. The van der Waals surface area contributed by atoms with Crippen LogP contribution in [0, 0.1) is 0 Å². The molecule has 1 unspecified atom stereocenters. The largest absolute Gasteiger partial charge is 0.469 e. The Balaban J connectivity index is 3.59. The Labute approximate surface area is 123 Å². The zero-order valence-corrected chi connectivity index (χ0v) is 12.8. The van der Waals surface area contributed by atoms with Gasteiger partial charge in [-0.1, -0.05) is 49.8 Å². The number of hydrogen-bond acceptors (Lipinski definition) is 3. The Morgan fingerprint density at radius 2 is 2.00 bits per heavy atom. The average Bonchev–Trinajstić information content (AvgIpc) is 2.46. The second kappa shape index (κ2) is 14.1. The molecule has 0 aromatic heterocycles. The van der Waals surface area contributed by atoms with Gasteiger partial charge in [0.2, 0.25) is 0 Å². The summed E-state index contributed by atoms with van der Waals surface area (Å²) in [5.41, 5.74) is 0. The first-order chi connectivity index (χ1) is 9.70. The molecule has 0 aliphatic heterocycles. The van der Waals surface area contributed by atoms with Crippen molar-refractivity contribution >= 4 is 5.97 Å². The van der Waals surface area contributed by atoms with Crippen LogP contribution in [0.5, 0.6) is 0 Å². The van der Waals surface area contributed by atoms with Crippen LogP contribution in [0.2, 0.25) is 0 Å². The molecule has 0 amide bonds. The Bertz CT molecular complexity index is 316. The first kappa shape index (κ1) is 18.7. The number of aliphatic hydroxyl groups is 1. The summed E-state index contributed by atoms with van der Waals surface area (Å²) < 4.78 is 4.55. The van der Waals surface area contributed by atoms with Gasteiger partial charge in [-0.2, -0.15) is 0 Å². The zero-order valence-electron chi connectivity index (χ0n) is 12.8. The van der Waals surface area contributed by atoms with E-state index >= 15 is 0 Å². The predicted molar refractivity (Wildman–Crippen MR) is 83.4 cm³/mol. The van der Waals surface area contributed by atoms with E-state index in [0.717, 1.165) is 25.7 Å². The van der Waals surface area contributed by atoms with Gasteiger partial charge in [-0.05, 0) is 32.1 Å². The van der Waals surface area contributed by atoms with Gasteiger partial charge in [-0.3, -0.25) is 4.79 Å². The standard InChI is InChI=1S/C17H28O3/c1-3-4-5-6-7-8-9-10-13-16(18)14-11-12-15-17(19)20-2/h5-6,8-10,13,16,18H,3-4,7,11-12,14-15H2,1-2H3. The lowest BCUT2D eigenvalue weighted by Crippen LogP contribution is -2.03. The SMILES string of the molecule is CCCC=CCC=CC=CC(O)CCCCC(=O)OC. The minimum absolute atomic E-state index is 0.186. The van der Waals surface area contributed by atoms with Crippen LogP contribution in [0.15, 0.2) is 36.5 Å². The molecule has 0 aromatic rings. The van der Waals surface area contributed by atoms with Crippen LogP contribution >= 0.6 is 0 Å². The summed E-state index contributed by atoms with van der Waals surface area (Å²) in [4.78, 5) is 10.9. The number of unbranched alkanes of at least 4 members (excludes halogenated alkanes) is 2. The third kappa shape index (κ3) is 13.1. The summed E-state index contributed by atoms with van der Waals surface area (Å²) in [5.74, 6) is -0.186. The first-order valence-corrected chi connectivity index (χ1v) is 7.44. The van der Waals surface area contributed by atoms with Crippen molar-refractivity contribution in [3.8, 4) is 0 Å². The van der Waals surface area contributed by atoms with Gasteiger partial charge < -0.3 is 9.84 Å². The summed E-state index contributed by atoms with van der Waals surface area (Å²) in [6.07, 6.45) is 17.5. The second-order valence-corrected chi connectivity index (χ2v) is 4.70. The number of carbonyl (C=O) groups excluding carboxylic acids is 1. The third-order valence-corrected chi connectivity index (χ3v) is 2.83. The quantitative estimate of drug-likeness (QED) is 0.270. The lowest BCUT2D eigenvalue weighted by atomic mass is 10.1. The van der Waals surface area contributed by atoms with Crippen molar-refractivity contribution in [1.82, 2.24) is 0 Å². The Hall–Kier alpha value is -1.35. The Kier molecular flexibility index (Phi) is 13.1. The number of carbonyl (C=O) groups is 1. The molecule has 3 nitrogen and oxygen atoms in total. The van der Waals surface area contributed by atoms with Gasteiger partial charge in [-0.15, -0.1) is 0 Å². The van der Waals surface area contributed by atoms with Crippen molar-refractivity contribution in [2.75, 3.05) is 7.11 Å². The molecule has 0 rings (SSSR count). The maximum Gasteiger partial charge on any atom is 0.305 e. The van der Waals surface area contributed by atoms with Crippen LogP contribution in [-0.2, 0) is 9.53 Å². The van der Waals surface area contributed by atoms with Gasteiger partial charge >= 0.3 is 5.97 Å². The fraction of sp³-hybridized carbons (Fsp3) is 0.588. The number of rotatable bonds is 11. The molecule has 0 fully saturated rings. The molecule has 0 radical (unpaired) electrons. The van der Waals surface area contributed by atoms with Gasteiger partial charge in [-0.25, -0.2) is 0 Å². The summed E-state index contributed by atoms with van der Waals surface area (Å²) in [6, 6.07) is 0. The number of allylic oxidation sites excluding steroid dienone is 5. The second-order valence-electron chi connectivity index (χ2n) is 4.70. The van der Waals surface area contributed by atoms with Gasteiger partial charge in [0.25, 0.3) is 0 Å². The Morgan fingerprint density at radius 1 is 1.20 bits per heavy atom. The number of esters is 1. The van der Waals surface area contributed by atoms with E-state index in [4.69, 9.17) is 0 Å². The topological polar surface area (TPSA) is 46.5 Å². The molecule has 0 saturated carbocycles. The van der Waals surface area contributed by atoms with Crippen LogP contribution in [0.1, 0.15) is 51.9 Å². The number of methoxy groups -OCH3 is 1. The molecule has 0 bridgehead atoms. The highest BCUT2D eigenvalue weighted by Gasteiger charge is 2.02. The minimum Gasteiger partial charge on any atom is -0.469 e. The van der Waals surface area contributed by atoms with E-state index in [-0.39, 0.29) is 5.97 Å². The van der Waals surface area contributed by atoms with Crippen molar-refractivity contribution in [1.29, 1.82) is 0 Å². The van der Waals surface area contributed by atoms with E-state index < -0.39 is 6.10 Å². The number of hydrogen-bond donors (Lipinski definition) is 1. The van der Waals surface area contributed by atoms with Crippen LogP contribution in [-0.4, -0.2) is 24.3 Å². The highest BCUT2D eigenvalue weighted by atomic mass is 16.5. The van der Waals surface area contributed by atoms with Gasteiger partial charge in [0.1, 0.15) is 0 Å². The summed E-state index contributed by atoms with van der Waals surface area (Å²) in [6.45, 7) is 2.16. The van der Waals surface area contributed by atoms with Gasteiger partial charge in [0, 0.05) is 6.42 Å².